The van der Waals surface area contributed by atoms with E-state index in [9.17, 15) is 18.8 Å². The third kappa shape index (κ3) is 6.11. The third-order valence-electron chi connectivity index (χ3n) is 5.58. The van der Waals surface area contributed by atoms with E-state index in [2.05, 4.69) is 25.6 Å². The van der Waals surface area contributed by atoms with Crippen LogP contribution in [-0.4, -0.2) is 63.8 Å². The Morgan fingerprint density at radius 1 is 0.917 bits per heavy atom. The highest BCUT2D eigenvalue weighted by molar-refractivity contribution is 6.30. The molecule has 2 aromatic heterocycles. The third-order valence-corrected chi connectivity index (χ3v) is 5.80. The van der Waals surface area contributed by atoms with Crippen LogP contribution < -0.4 is 15.5 Å². The Bertz CT molecular complexity index is 1270. The van der Waals surface area contributed by atoms with Gasteiger partial charge in [0.15, 0.2) is 0 Å². The predicted molar refractivity (Wildman–Crippen MR) is 133 cm³/mol. The summed E-state index contributed by atoms with van der Waals surface area (Å²) in [5.41, 5.74) is 0.0221. The molecule has 1 aliphatic heterocycles. The van der Waals surface area contributed by atoms with Crippen LogP contribution >= 0.6 is 11.6 Å². The number of rotatable bonds is 5. The molecule has 12 heteroatoms. The Balaban J connectivity index is 1.45. The van der Waals surface area contributed by atoms with Crippen molar-refractivity contribution < 1.29 is 18.8 Å². The number of halogens is 2. The fourth-order valence-corrected chi connectivity index (χ4v) is 3.81. The highest BCUT2D eigenvalue weighted by atomic mass is 35.5. The molecule has 3 aromatic rings. The zero-order chi connectivity index (χ0) is 25.7. The largest absolute Gasteiger partial charge is 0.354 e. The maximum absolute atomic E-state index is 13.9. The average molecular weight is 512 g/mol. The van der Waals surface area contributed by atoms with Crippen LogP contribution in [0.15, 0.2) is 48.9 Å². The Hall–Kier alpha value is -4.12. The number of nitrogens with zero attached hydrogens (tertiary/aromatic N) is 5. The van der Waals surface area contributed by atoms with Gasteiger partial charge in [-0.15, -0.1) is 0 Å². The lowest BCUT2D eigenvalue weighted by atomic mass is 10.1. The number of anilines is 3. The summed E-state index contributed by atoms with van der Waals surface area (Å²) in [5, 5.41) is 5.53. The lowest BCUT2D eigenvalue weighted by Crippen LogP contribution is -2.34. The minimum Gasteiger partial charge on any atom is -0.354 e. The highest BCUT2D eigenvalue weighted by Crippen LogP contribution is 2.20. The standard InChI is InChI=1S/C24H23ClFN7O3/c1-15(34)32-7-2-8-33(10-9-32)22-14-27-20(13-29-22)24(36)30-19-5-4-17(26)11-18(19)23(35)31-21-6-3-16(25)12-28-21/h3-6,11-14H,2,7-10H2,1H3,(H,30,36)(H,28,31,35). The van der Waals surface area contributed by atoms with Gasteiger partial charge in [-0.3, -0.25) is 14.4 Å². The normalized spacial score (nSPS) is 13.6. The average Bonchev–Trinajstić information content (AvgIpc) is 3.13. The van der Waals surface area contributed by atoms with E-state index in [0.717, 1.165) is 18.6 Å². The molecule has 36 heavy (non-hydrogen) atoms. The van der Waals surface area contributed by atoms with Crippen molar-refractivity contribution in [3.63, 3.8) is 0 Å². The van der Waals surface area contributed by atoms with E-state index in [0.29, 0.717) is 37.0 Å². The molecule has 1 fully saturated rings. The smallest absolute Gasteiger partial charge is 0.275 e. The molecule has 0 saturated carbocycles. The van der Waals surface area contributed by atoms with E-state index >= 15 is 0 Å². The topological polar surface area (TPSA) is 120 Å². The van der Waals surface area contributed by atoms with Gasteiger partial charge in [0, 0.05) is 39.3 Å². The molecule has 2 N–H and O–H groups in total. The molecule has 0 atom stereocenters. The van der Waals surface area contributed by atoms with E-state index in [1.54, 1.807) is 17.9 Å². The van der Waals surface area contributed by atoms with E-state index in [1.807, 2.05) is 4.90 Å². The van der Waals surface area contributed by atoms with Gasteiger partial charge in [-0.05, 0) is 36.8 Å². The van der Waals surface area contributed by atoms with Crippen molar-refractivity contribution in [3.05, 3.63) is 71.0 Å². The molecule has 3 amide bonds. The van der Waals surface area contributed by atoms with Crippen molar-refractivity contribution in [2.45, 2.75) is 13.3 Å². The van der Waals surface area contributed by atoms with Gasteiger partial charge in [0.1, 0.15) is 23.1 Å². The lowest BCUT2D eigenvalue weighted by Gasteiger charge is -2.22. The van der Waals surface area contributed by atoms with Gasteiger partial charge >= 0.3 is 0 Å². The summed E-state index contributed by atoms with van der Waals surface area (Å²) in [6.45, 7) is 4.13. The zero-order valence-corrected chi connectivity index (χ0v) is 20.1. The van der Waals surface area contributed by atoms with Crippen LogP contribution in [0.5, 0.6) is 0 Å². The summed E-state index contributed by atoms with van der Waals surface area (Å²) in [4.78, 5) is 53.5. The molecule has 1 aromatic carbocycles. The molecule has 3 heterocycles. The number of carbonyl (C=O) groups is 3. The molecule has 0 bridgehead atoms. The number of carbonyl (C=O) groups excluding carboxylic acids is 3. The quantitative estimate of drug-likeness (QED) is 0.539. The summed E-state index contributed by atoms with van der Waals surface area (Å²) in [6, 6.07) is 6.48. The molecule has 10 nitrogen and oxygen atoms in total. The number of amides is 3. The first-order valence-electron chi connectivity index (χ1n) is 11.2. The SMILES string of the molecule is CC(=O)N1CCCN(c2cnc(C(=O)Nc3ccc(F)cc3C(=O)Nc3ccc(Cl)cn3)cn2)CC1. The second kappa shape index (κ2) is 11.1. The molecule has 0 unspecified atom stereocenters. The molecule has 0 aliphatic carbocycles. The Morgan fingerprint density at radius 2 is 1.75 bits per heavy atom. The highest BCUT2D eigenvalue weighted by Gasteiger charge is 2.20. The van der Waals surface area contributed by atoms with Crippen molar-refractivity contribution in [2.75, 3.05) is 41.7 Å². The zero-order valence-electron chi connectivity index (χ0n) is 19.4. The number of hydrogen-bond donors (Lipinski definition) is 2. The van der Waals surface area contributed by atoms with Crippen molar-refractivity contribution in [3.8, 4) is 0 Å². The van der Waals surface area contributed by atoms with Crippen LogP contribution in [0.2, 0.25) is 5.02 Å². The number of hydrogen-bond acceptors (Lipinski definition) is 7. The number of benzene rings is 1. The Morgan fingerprint density at radius 3 is 2.44 bits per heavy atom. The first kappa shape index (κ1) is 25.0. The molecule has 4 rings (SSSR count). The molecule has 0 spiro atoms. The first-order valence-corrected chi connectivity index (χ1v) is 11.5. The maximum atomic E-state index is 13.9. The summed E-state index contributed by atoms with van der Waals surface area (Å²) in [5.74, 6) is -1.08. The predicted octanol–water partition coefficient (Wildman–Crippen LogP) is 3.23. The summed E-state index contributed by atoms with van der Waals surface area (Å²) in [6.07, 6.45) is 4.98. The first-order chi connectivity index (χ1) is 17.3. The monoisotopic (exact) mass is 511 g/mol. The number of nitrogens with one attached hydrogen (secondary N) is 2. The van der Waals surface area contributed by atoms with Gasteiger partial charge in [0.25, 0.3) is 11.8 Å². The molecule has 1 saturated heterocycles. The summed E-state index contributed by atoms with van der Waals surface area (Å²) < 4.78 is 13.9. The van der Waals surface area contributed by atoms with Gasteiger partial charge in [-0.2, -0.15) is 0 Å². The van der Waals surface area contributed by atoms with Crippen LogP contribution in [0.1, 0.15) is 34.2 Å². The van der Waals surface area contributed by atoms with Gasteiger partial charge in [0.05, 0.1) is 28.7 Å². The van der Waals surface area contributed by atoms with Gasteiger partial charge in [0.2, 0.25) is 5.91 Å². The fourth-order valence-electron chi connectivity index (χ4n) is 3.70. The van der Waals surface area contributed by atoms with Crippen LogP contribution in [0.4, 0.5) is 21.7 Å². The van der Waals surface area contributed by atoms with Crippen molar-refractivity contribution >= 4 is 46.6 Å². The van der Waals surface area contributed by atoms with Gasteiger partial charge in [-0.1, -0.05) is 11.6 Å². The molecule has 1 aliphatic rings. The van der Waals surface area contributed by atoms with E-state index in [4.69, 9.17) is 11.6 Å². The van der Waals surface area contributed by atoms with Crippen molar-refractivity contribution in [1.82, 2.24) is 19.9 Å². The molecule has 186 valence electrons. The molecular formula is C24H23ClFN7O3. The summed E-state index contributed by atoms with van der Waals surface area (Å²) >= 11 is 5.80. The van der Waals surface area contributed by atoms with E-state index in [-0.39, 0.29) is 28.7 Å². The Labute approximate surface area is 211 Å². The molecular weight excluding hydrogens is 489 g/mol. The van der Waals surface area contributed by atoms with Crippen molar-refractivity contribution in [1.29, 1.82) is 0 Å². The van der Waals surface area contributed by atoms with Crippen LogP contribution in [0.25, 0.3) is 0 Å². The van der Waals surface area contributed by atoms with E-state index < -0.39 is 17.6 Å². The fraction of sp³-hybridized carbons (Fsp3) is 0.250. The van der Waals surface area contributed by atoms with Crippen LogP contribution in [-0.2, 0) is 4.79 Å². The summed E-state index contributed by atoms with van der Waals surface area (Å²) in [7, 11) is 0. The second-order valence-corrected chi connectivity index (χ2v) is 8.50. The maximum Gasteiger partial charge on any atom is 0.275 e. The van der Waals surface area contributed by atoms with E-state index in [1.165, 1.54) is 30.7 Å². The molecule has 0 radical (unpaired) electrons. The van der Waals surface area contributed by atoms with Gasteiger partial charge in [-0.25, -0.2) is 19.3 Å². The minimum absolute atomic E-state index is 0.0222. The van der Waals surface area contributed by atoms with Crippen LogP contribution in [0.3, 0.4) is 0 Å². The number of aromatic nitrogens is 3. The number of pyridine rings is 1. The van der Waals surface area contributed by atoms with Crippen LogP contribution in [0, 0.1) is 5.82 Å². The Kier molecular flexibility index (Phi) is 7.69. The van der Waals surface area contributed by atoms with Crippen molar-refractivity contribution in [2.24, 2.45) is 0 Å². The minimum atomic E-state index is -0.665. The second-order valence-electron chi connectivity index (χ2n) is 8.07. The van der Waals surface area contributed by atoms with Gasteiger partial charge < -0.3 is 20.4 Å². The lowest BCUT2D eigenvalue weighted by molar-refractivity contribution is -0.128.